The van der Waals surface area contributed by atoms with Crippen LogP contribution in [0, 0.1) is 19.7 Å². The number of carbonyl (C=O) groups excluding carboxylic acids is 1. The summed E-state index contributed by atoms with van der Waals surface area (Å²) in [5.74, 6) is -0.231. The zero-order chi connectivity index (χ0) is 14.7. The normalized spacial score (nSPS) is 10.4. The van der Waals surface area contributed by atoms with Crippen molar-refractivity contribution in [2.45, 2.75) is 27.4 Å². The Morgan fingerprint density at radius 3 is 2.50 bits per heavy atom. The number of ether oxygens (including phenoxy) is 1. The van der Waals surface area contributed by atoms with Crippen molar-refractivity contribution in [1.82, 2.24) is 0 Å². The Bertz CT molecular complexity index is 647. The van der Waals surface area contributed by atoms with Crippen molar-refractivity contribution < 1.29 is 13.9 Å². The van der Waals surface area contributed by atoms with Gasteiger partial charge >= 0.3 is 0 Å². The molecule has 0 radical (unpaired) electrons. The van der Waals surface area contributed by atoms with E-state index in [1.165, 1.54) is 36.2 Å². The summed E-state index contributed by atoms with van der Waals surface area (Å²) < 4.78 is 18.8. The standard InChI is InChI=1S/C17H17FO2/c1-11-4-5-14(8-12(11)2)10-20-17-7-6-15(18)9-16(17)13(3)19/h4-9H,10H2,1-3H3. The van der Waals surface area contributed by atoms with Crippen molar-refractivity contribution in [2.24, 2.45) is 0 Å². The van der Waals surface area contributed by atoms with Gasteiger partial charge < -0.3 is 4.74 Å². The lowest BCUT2D eigenvalue weighted by Gasteiger charge is -2.11. The smallest absolute Gasteiger partial charge is 0.163 e. The second-order valence-electron chi connectivity index (χ2n) is 4.90. The van der Waals surface area contributed by atoms with Gasteiger partial charge in [-0.25, -0.2) is 4.39 Å². The molecule has 2 nitrogen and oxygen atoms in total. The predicted octanol–water partition coefficient (Wildman–Crippen LogP) is 4.22. The molecule has 0 N–H and O–H groups in total. The molecule has 0 aromatic heterocycles. The van der Waals surface area contributed by atoms with E-state index < -0.39 is 5.82 Å². The summed E-state index contributed by atoms with van der Waals surface area (Å²) in [5, 5.41) is 0. The third kappa shape index (κ3) is 3.23. The van der Waals surface area contributed by atoms with Gasteiger partial charge in [0.2, 0.25) is 0 Å². The molecule has 104 valence electrons. The van der Waals surface area contributed by atoms with Gasteiger partial charge in [0, 0.05) is 0 Å². The highest BCUT2D eigenvalue weighted by Crippen LogP contribution is 2.22. The van der Waals surface area contributed by atoms with Crippen molar-refractivity contribution in [2.75, 3.05) is 0 Å². The third-order valence-corrected chi connectivity index (χ3v) is 3.29. The van der Waals surface area contributed by atoms with Crippen LogP contribution >= 0.6 is 0 Å². The SMILES string of the molecule is CC(=O)c1cc(F)ccc1OCc1ccc(C)c(C)c1. The second kappa shape index (κ2) is 5.87. The highest BCUT2D eigenvalue weighted by atomic mass is 19.1. The fourth-order valence-electron chi connectivity index (χ4n) is 1.96. The van der Waals surface area contributed by atoms with E-state index in [2.05, 4.69) is 0 Å². The number of Topliss-reactive ketones (excluding diaryl/α,β-unsaturated/α-hetero) is 1. The average Bonchev–Trinajstić information content (AvgIpc) is 2.41. The molecule has 0 amide bonds. The van der Waals surface area contributed by atoms with E-state index in [4.69, 9.17) is 4.74 Å². The Morgan fingerprint density at radius 1 is 1.10 bits per heavy atom. The Morgan fingerprint density at radius 2 is 1.85 bits per heavy atom. The molecule has 0 atom stereocenters. The maximum absolute atomic E-state index is 13.2. The first kappa shape index (κ1) is 14.3. The third-order valence-electron chi connectivity index (χ3n) is 3.29. The van der Waals surface area contributed by atoms with Crippen molar-refractivity contribution >= 4 is 5.78 Å². The highest BCUT2D eigenvalue weighted by Gasteiger charge is 2.10. The molecule has 0 aliphatic rings. The first-order valence-electron chi connectivity index (χ1n) is 6.47. The van der Waals surface area contributed by atoms with Crippen molar-refractivity contribution in [3.63, 3.8) is 0 Å². The second-order valence-corrected chi connectivity index (χ2v) is 4.90. The number of ketones is 1. The number of carbonyl (C=O) groups is 1. The molecule has 3 heteroatoms. The van der Waals surface area contributed by atoms with Crippen molar-refractivity contribution in [3.05, 3.63) is 64.5 Å². The minimum atomic E-state index is -0.436. The predicted molar refractivity (Wildman–Crippen MR) is 76.7 cm³/mol. The van der Waals surface area contributed by atoms with Crippen LogP contribution in [0.15, 0.2) is 36.4 Å². The average molecular weight is 272 g/mol. The molecule has 0 saturated heterocycles. The molecular formula is C17H17FO2. The molecule has 0 heterocycles. The molecule has 0 aliphatic carbocycles. The Labute approximate surface area is 118 Å². The van der Waals surface area contributed by atoms with E-state index in [9.17, 15) is 9.18 Å². The summed E-state index contributed by atoms with van der Waals surface area (Å²) in [6.45, 7) is 5.84. The van der Waals surface area contributed by atoms with E-state index in [-0.39, 0.29) is 11.3 Å². The summed E-state index contributed by atoms with van der Waals surface area (Å²) in [7, 11) is 0. The van der Waals surface area contributed by atoms with Crippen LogP contribution < -0.4 is 4.74 Å². The molecule has 2 rings (SSSR count). The number of rotatable bonds is 4. The molecular weight excluding hydrogens is 255 g/mol. The zero-order valence-corrected chi connectivity index (χ0v) is 11.9. The lowest BCUT2D eigenvalue weighted by Crippen LogP contribution is -2.02. The van der Waals surface area contributed by atoms with E-state index >= 15 is 0 Å². The maximum Gasteiger partial charge on any atom is 0.163 e. The molecule has 0 bridgehead atoms. The van der Waals surface area contributed by atoms with Crippen LogP contribution in [-0.2, 0) is 6.61 Å². The number of halogens is 1. The van der Waals surface area contributed by atoms with Crippen LogP contribution in [0.3, 0.4) is 0 Å². The Hall–Kier alpha value is -2.16. The zero-order valence-electron chi connectivity index (χ0n) is 11.9. The van der Waals surface area contributed by atoms with Crippen LogP contribution in [0.1, 0.15) is 34.0 Å². The molecule has 0 fully saturated rings. The van der Waals surface area contributed by atoms with Gasteiger partial charge in [0.05, 0.1) is 5.56 Å². The number of hydrogen-bond donors (Lipinski definition) is 0. The monoisotopic (exact) mass is 272 g/mol. The highest BCUT2D eigenvalue weighted by molar-refractivity contribution is 5.96. The van der Waals surface area contributed by atoms with Gasteiger partial charge in [0.1, 0.15) is 18.2 Å². The minimum absolute atomic E-state index is 0.209. The lowest BCUT2D eigenvalue weighted by molar-refractivity contribution is 0.101. The van der Waals surface area contributed by atoms with Gasteiger partial charge in [0.25, 0.3) is 0 Å². The number of benzene rings is 2. The fraction of sp³-hybridized carbons (Fsp3) is 0.235. The molecule has 2 aromatic carbocycles. The molecule has 0 saturated carbocycles. The van der Waals surface area contributed by atoms with Crippen LogP contribution in [-0.4, -0.2) is 5.78 Å². The Kier molecular flexibility index (Phi) is 4.18. The molecule has 20 heavy (non-hydrogen) atoms. The van der Waals surface area contributed by atoms with Gasteiger partial charge in [-0.2, -0.15) is 0 Å². The van der Waals surface area contributed by atoms with E-state index in [0.717, 1.165) is 5.56 Å². The number of hydrogen-bond acceptors (Lipinski definition) is 2. The Balaban J connectivity index is 2.18. The first-order valence-corrected chi connectivity index (χ1v) is 6.47. The van der Waals surface area contributed by atoms with Crippen molar-refractivity contribution in [1.29, 1.82) is 0 Å². The summed E-state index contributed by atoms with van der Waals surface area (Å²) >= 11 is 0. The summed E-state index contributed by atoms with van der Waals surface area (Å²) in [4.78, 5) is 11.5. The van der Waals surface area contributed by atoms with Crippen LogP contribution in [0.2, 0.25) is 0 Å². The maximum atomic E-state index is 13.2. The summed E-state index contributed by atoms with van der Waals surface area (Å²) in [6, 6.07) is 10.1. The van der Waals surface area contributed by atoms with Crippen LogP contribution in [0.4, 0.5) is 4.39 Å². The molecule has 0 spiro atoms. The summed E-state index contributed by atoms with van der Waals surface area (Å²) in [5.41, 5.74) is 3.71. The number of aryl methyl sites for hydroxylation is 2. The lowest BCUT2D eigenvalue weighted by atomic mass is 10.1. The fourth-order valence-corrected chi connectivity index (χ4v) is 1.96. The topological polar surface area (TPSA) is 26.3 Å². The first-order chi connectivity index (χ1) is 9.47. The molecule has 2 aromatic rings. The van der Waals surface area contributed by atoms with Crippen molar-refractivity contribution in [3.8, 4) is 5.75 Å². The summed E-state index contributed by atoms with van der Waals surface area (Å²) in [6.07, 6.45) is 0. The van der Waals surface area contributed by atoms with Gasteiger partial charge in [-0.1, -0.05) is 18.2 Å². The van der Waals surface area contributed by atoms with Gasteiger partial charge in [-0.3, -0.25) is 4.79 Å². The van der Waals surface area contributed by atoms with Crippen LogP contribution in [0.5, 0.6) is 5.75 Å². The van der Waals surface area contributed by atoms with E-state index in [1.54, 1.807) is 0 Å². The molecule has 0 aliphatic heterocycles. The van der Waals surface area contributed by atoms with Gasteiger partial charge in [0.15, 0.2) is 5.78 Å². The quantitative estimate of drug-likeness (QED) is 0.779. The van der Waals surface area contributed by atoms with E-state index in [0.29, 0.717) is 12.4 Å². The van der Waals surface area contributed by atoms with Crippen LogP contribution in [0.25, 0.3) is 0 Å². The van der Waals surface area contributed by atoms with Gasteiger partial charge in [-0.05, 0) is 55.7 Å². The largest absolute Gasteiger partial charge is 0.488 e. The minimum Gasteiger partial charge on any atom is -0.488 e. The van der Waals surface area contributed by atoms with E-state index in [1.807, 2.05) is 32.0 Å². The molecule has 0 unspecified atom stereocenters. The van der Waals surface area contributed by atoms with Gasteiger partial charge in [-0.15, -0.1) is 0 Å².